The van der Waals surface area contributed by atoms with Gasteiger partial charge in [0.1, 0.15) is 73.2 Å². The summed E-state index contributed by atoms with van der Waals surface area (Å²) in [7, 11) is 0. The van der Waals surface area contributed by atoms with Crippen molar-refractivity contribution in [3.8, 4) is 0 Å². The largest absolute Gasteiger partial charge is 0.394 e. The van der Waals surface area contributed by atoms with E-state index >= 15 is 0 Å². The zero-order valence-corrected chi connectivity index (χ0v) is 48.2. The van der Waals surface area contributed by atoms with E-state index < -0.39 is 124 Å². The SMILES string of the molecule is CC/C=C\C/C=C\C/C=C\C/C=C\C/C=C\C/C=C\C/C=C\C/C=C\CCCCC(=O)NC(COC1OC(CO)C(OC2OC(CO)C(OC3OC(CO)C(O)C(O)C3O)C(O)C2O)C(O)C1O)C(O)CCCCCCCCCCC. The van der Waals surface area contributed by atoms with Crippen LogP contribution in [-0.4, -0.2) is 193 Å². The zero-order chi connectivity index (χ0) is 59.0. The molecule has 17 unspecified atom stereocenters. The molecule has 3 aliphatic rings. The van der Waals surface area contributed by atoms with Crippen molar-refractivity contribution < 1.29 is 89.4 Å². The van der Waals surface area contributed by atoms with Crippen molar-refractivity contribution in [2.24, 2.45) is 0 Å². The lowest BCUT2D eigenvalue weighted by Gasteiger charge is -2.48. The first-order valence-corrected chi connectivity index (χ1v) is 30.0. The predicted molar refractivity (Wildman–Crippen MR) is 309 cm³/mol. The predicted octanol–water partition coefficient (Wildman–Crippen LogP) is 5.37. The molecule has 0 radical (unpaired) electrons. The first-order valence-electron chi connectivity index (χ1n) is 30.0. The van der Waals surface area contributed by atoms with E-state index in [9.17, 15) is 61.0 Å². The standard InChI is InChI=1S/C62H103NO18/c1-3-5-7-9-11-13-14-15-16-17-18-19-20-21-22-23-24-25-26-27-28-29-30-32-34-36-38-40-50(68)63-45(46(67)39-37-35-33-31-12-10-8-6-4-2)44-76-60-56(74)53(71)58(48(42-65)78-60)81-62-57(75)54(72)59(49(43-66)79-62)80-61-55(73)52(70)51(69)47(41-64)77-61/h5,7,11,13,15-16,18-19,21-22,24-25,27-28,30,32,45-49,51-62,64-67,69-75H,3-4,6,8-10,12,14,17,20,23,26,29,31,33-44H2,1-2H3,(H,63,68)/b7-5-,13-11-,16-15-,19-18-,22-21-,25-24-,28-27-,32-30-. The lowest BCUT2D eigenvalue weighted by atomic mass is 9.96. The van der Waals surface area contributed by atoms with E-state index in [1.54, 1.807) is 0 Å². The molecule has 1 amide bonds. The number of allylic oxidation sites excluding steroid dienone is 16. The van der Waals surface area contributed by atoms with Crippen LogP contribution in [0.4, 0.5) is 0 Å². The summed E-state index contributed by atoms with van der Waals surface area (Å²) in [5.74, 6) is -0.293. The summed E-state index contributed by atoms with van der Waals surface area (Å²) in [5, 5.41) is 120. The Balaban J connectivity index is 1.45. The maximum absolute atomic E-state index is 13.3. The van der Waals surface area contributed by atoms with Crippen LogP contribution in [0.1, 0.15) is 155 Å². The second-order valence-electron chi connectivity index (χ2n) is 21.1. The van der Waals surface area contributed by atoms with E-state index in [1.165, 1.54) is 25.7 Å². The number of hydrogen-bond acceptors (Lipinski definition) is 18. The minimum absolute atomic E-state index is 0.204. The summed E-state index contributed by atoms with van der Waals surface area (Å²) >= 11 is 0. The van der Waals surface area contributed by atoms with Gasteiger partial charge in [-0.25, -0.2) is 0 Å². The molecule has 3 rings (SSSR count). The van der Waals surface area contributed by atoms with Gasteiger partial charge in [-0.3, -0.25) is 4.79 Å². The van der Waals surface area contributed by atoms with E-state index in [-0.39, 0.29) is 18.9 Å². The minimum atomic E-state index is -1.98. The molecule has 0 spiro atoms. The molecule has 0 aromatic heterocycles. The quantitative estimate of drug-likeness (QED) is 0.0270. The second kappa shape index (κ2) is 44.2. The van der Waals surface area contributed by atoms with Crippen molar-refractivity contribution in [3.63, 3.8) is 0 Å². The first-order chi connectivity index (χ1) is 39.3. The first kappa shape index (κ1) is 72.0. The highest BCUT2D eigenvalue weighted by Gasteiger charge is 2.53. The molecule has 17 atom stereocenters. The van der Waals surface area contributed by atoms with Crippen molar-refractivity contribution in [2.45, 2.75) is 259 Å². The van der Waals surface area contributed by atoms with Crippen LogP contribution in [0.3, 0.4) is 0 Å². The van der Waals surface area contributed by atoms with E-state index in [0.29, 0.717) is 19.3 Å². The van der Waals surface area contributed by atoms with Gasteiger partial charge in [0.2, 0.25) is 5.91 Å². The number of carbonyl (C=O) groups is 1. The summed E-state index contributed by atoms with van der Waals surface area (Å²) < 4.78 is 34.2. The number of aliphatic hydroxyl groups is 11. The maximum atomic E-state index is 13.3. The van der Waals surface area contributed by atoms with Gasteiger partial charge in [-0.1, -0.05) is 169 Å². The van der Waals surface area contributed by atoms with Crippen LogP contribution < -0.4 is 5.32 Å². The van der Waals surface area contributed by atoms with Gasteiger partial charge in [-0.15, -0.1) is 0 Å². The smallest absolute Gasteiger partial charge is 0.220 e. The molecule has 0 aromatic carbocycles. The summed E-state index contributed by atoms with van der Waals surface area (Å²) in [6.45, 7) is 1.57. The summed E-state index contributed by atoms with van der Waals surface area (Å²) in [6.07, 6.45) is 28.0. The van der Waals surface area contributed by atoms with Crippen LogP contribution in [-0.2, 0) is 33.2 Å². The number of ether oxygens (including phenoxy) is 6. The third-order valence-electron chi connectivity index (χ3n) is 14.4. The Morgan fingerprint density at radius 3 is 1.31 bits per heavy atom. The lowest BCUT2D eigenvalue weighted by molar-refractivity contribution is -0.379. The number of aliphatic hydroxyl groups excluding tert-OH is 11. The number of carbonyl (C=O) groups excluding carboxylic acids is 1. The maximum Gasteiger partial charge on any atom is 0.220 e. The van der Waals surface area contributed by atoms with E-state index in [1.807, 2.05) is 0 Å². The van der Waals surface area contributed by atoms with Gasteiger partial charge < -0.3 is 89.9 Å². The van der Waals surface area contributed by atoms with E-state index in [2.05, 4.69) is 116 Å². The number of unbranched alkanes of at least 4 members (excludes halogenated alkanes) is 10. The Kier molecular flexibility index (Phi) is 39.3. The van der Waals surface area contributed by atoms with Gasteiger partial charge in [0.05, 0.1) is 38.6 Å². The van der Waals surface area contributed by atoms with Crippen LogP contribution in [0, 0.1) is 0 Å². The van der Waals surface area contributed by atoms with Crippen molar-refractivity contribution in [1.82, 2.24) is 5.32 Å². The average molecular weight is 1150 g/mol. The molecule has 12 N–H and O–H groups in total. The molecule has 19 heteroatoms. The topological polar surface area (TPSA) is 307 Å². The van der Waals surface area contributed by atoms with Crippen LogP contribution in [0.5, 0.6) is 0 Å². The second-order valence-corrected chi connectivity index (χ2v) is 21.1. The van der Waals surface area contributed by atoms with Crippen molar-refractivity contribution >= 4 is 5.91 Å². The highest BCUT2D eigenvalue weighted by Crippen LogP contribution is 2.33. The van der Waals surface area contributed by atoms with Gasteiger partial charge in [0, 0.05) is 6.42 Å². The monoisotopic (exact) mass is 1150 g/mol. The normalized spacial score (nSPS) is 30.5. The average Bonchev–Trinajstić information content (AvgIpc) is 3.47. The molecule has 81 heavy (non-hydrogen) atoms. The molecule has 3 aliphatic heterocycles. The van der Waals surface area contributed by atoms with Crippen LogP contribution >= 0.6 is 0 Å². The Morgan fingerprint density at radius 2 is 0.852 bits per heavy atom. The third kappa shape index (κ3) is 28.0. The number of nitrogens with one attached hydrogen (secondary N) is 1. The molecular formula is C62H103NO18. The molecule has 3 saturated heterocycles. The molecule has 0 bridgehead atoms. The Bertz CT molecular complexity index is 1850. The van der Waals surface area contributed by atoms with Crippen molar-refractivity contribution in [2.75, 3.05) is 26.4 Å². The van der Waals surface area contributed by atoms with Crippen LogP contribution in [0.15, 0.2) is 97.2 Å². The molecule has 0 aromatic rings. The Morgan fingerprint density at radius 1 is 0.457 bits per heavy atom. The van der Waals surface area contributed by atoms with Crippen LogP contribution in [0.2, 0.25) is 0 Å². The van der Waals surface area contributed by atoms with Gasteiger partial charge in [0.25, 0.3) is 0 Å². The number of hydrogen-bond donors (Lipinski definition) is 12. The van der Waals surface area contributed by atoms with Gasteiger partial charge in [-0.2, -0.15) is 0 Å². The molecule has 3 fully saturated rings. The lowest BCUT2D eigenvalue weighted by Crippen LogP contribution is -2.66. The number of rotatable bonds is 42. The molecular weight excluding hydrogens is 1050 g/mol. The molecule has 19 nitrogen and oxygen atoms in total. The van der Waals surface area contributed by atoms with Crippen molar-refractivity contribution in [3.05, 3.63) is 97.2 Å². The van der Waals surface area contributed by atoms with Gasteiger partial charge in [0.15, 0.2) is 18.9 Å². The molecule has 0 saturated carbocycles. The van der Waals surface area contributed by atoms with Gasteiger partial charge in [-0.05, 0) is 77.0 Å². The molecule has 3 heterocycles. The fourth-order valence-electron chi connectivity index (χ4n) is 9.50. The summed E-state index contributed by atoms with van der Waals surface area (Å²) in [5.41, 5.74) is 0. The third-order valence-corrected chi connectivity index (χ3v) is 14.4. The molecule has 0 aliphatic carbocycles. The molecule has 464 valence electrons. The summed E-state index contributed by atoms with van der Waals surface area (Å²) in [6, 6.07) is -0.915. The van der Waals surface area contributed by atoms with Crippen LogP contribution in [0.25, 0.3) is 0 Å². The number of amides is 1. The van der Waals surface area contributed by atoms with Crippen molar-refractivity contribution in [1.29, 1.82) is 0 Å². The van der Waals surface area contributed by atoms with E-state index in [4.69, 9.17) is 28.4 Å². The van der Waals surface area contributed by atoms with Gasteiger partial charge >= 0.3 is 0 Å². The highest BCUT2D eigenvalue weighted by molar-refractivity contribution is 5.76. The summed E-state index contributed by atoms with van der Waals surface area (Å²) in [4.78, 5) is 13.3. The fourth-order valence-corrected chi connectivity index (χ4v) is 9.50. The highest BCUT2D eigenvalue weighted by atomic mass is 16.8. The zero-order valence-electron chi connectivity index (χ0n) is 48.2. The Hall–Kier alpha value is -3.29. The fraction of sp³-hybridized carbons (Fsp3) is 0.726. The minimum Gasteiger partial charge on any atom is -0.394 e. The Labute approximate surface area is 482 Å². The van der Waals surface area contributed by atoms with E-state index in [0.717, 1.165) is 89.9 Å².